The van der Waals surface area contributed by atoms with Crippen molar-refractivity contribution in [3.8, 4) is 0 Å². The van der Waals surface area contributed by atoms with Crippen molar-refractivity contribution in [1.82, 2.24) is 0 Å². The molecule has 0 saturated carbocycles. The van der Waals surface area contributed by atoms with Crippen LogP contribution in [-0.4, -0.2) is 44.2 Å². The first-order chi connectivity index (χ1) is 11.9. The predicted octanol–water partition coefficient (Wildman–Crippen LogP) is 2.47. The van der Waals surface area contributed by atoms with Crippen LogP contribution in [0.5, 0.6) is 0 Å². The number of nitro groups is 1. The number of anilines is 2. The van der Waals surface area contributed by atoms with E-state index in [-0.39, 0.29) is 18.1 Å². The topological polar surface area (TPSA) is 79.0 Å². The van der Waals surface area contributed by atoms with Crippen LogP contribution < -0.4 is 9.80 Å². The van der Waals surface area contributed by atoms with E-state index in [2.05, 4.69) is 4.99 Å². The number of fused-ring (bicyclic) bond motifs is 1. The number of carbonyl (C=O) groups is 1. The second-order valence-electron chi connectivity index (χ2n) is 5.99. The van der Waals surface area contributed by atoms with Crippen molar-refractivity contribution in [2.45, 2.75) is 0 Å². The molecule has 2 aromatic rings. The summed E-state index contributed by atoms with van der Waals surface area (Å²) >= 11 is 0. The third-order valence-corrected chi connectivity index (χ3v) is 4.19. The summed E-state index contributed by atoms with van der Waals surface area (Å²) in [5.74, 6) is -0.160. The highest BCUT2D eigenvalue weighted by Crippen LogP contribution is 2.32. The molecule has 0 aromatic heterocycles. The molecule has 7 heteroatoms. The summed E-state index contributed by atoms with van der Waals surface area (Å²) in [6.07, 6.45) is 0. The Balaban J connectivity index is 2.28. The number of amides is 1. The van der Waals surface area contributed by atoms with Gasteiger partial charge in [-0.25, -0.2) is 0 Å². The first-order valence-corrected chi connectivity index (χ1v) is 7.76. The van der Waals surface area contributed by atoms with Gasteiger partial charge in [0.15, 0.2) is 0 Å². The Hall–Kier alpha value is -3.22. The lowest BCUT2D eigenvalue weighted by molar-refractivity contribution is -0.384. The Bertz CT molecular complexity index is 890. The number of nitrogens with zero attached hydrogens (tertiary/aromatic N) is 4. The summed E-state index contributed by atoms with van der Waals surface area (Å²) < 4.78 is 0. The van der Waals surface area contributed by atoms with Crippen molar-refractivity contribution >= 4 is 28.7 Å². The van der Waals surface area contributed by atoms with E-state index in [0.29, 0.717) is 17.0 Å². The molecule has 128 valence electrons. The molecule has 0 aliphatic carbocycles. The van der Waals surface area contributed by atoms with Crippen molar-refractivity contribution in [1.29, 1.82) is 0 Å². The summed E-state index contributed by atoms with van der Waals surface area (Å²) in [5, 5.41) is 11.2. The van der Waals surface area contributed by atoms with Crippen molar-refractivity contribution in [2.24, 2.45) is 4.99 Å². The molecule has 7 nitrogen and oxygen atoms in total. The smallest absolute Gasteiger partial charge is 0.270 e. The zero-order valence-corrected chi connectivity index (χ0v) is 14.3. The quantitative estimate of drug-likeness (QED) is 0.636. The number of hydrogen-bond acceptors (Lipinski definition) is 5. The third-order valence-electron chi connectivity index (χ3n) is 4.19. The number of hydrogen-bond donors (Lipinski definition) is 0. The monoisotopic (exact) mass is 338 g/mol. The van der Waals surface area contributed by atoms with Crippen LogP contribution in [0.4, 0.5) is 17.1 Å². The van der Waals surface area contributed by atoms with Gasteiger partial charge in [0, 0.05) is 50.1 Å². The first kappa shape index (κ1) is 16.6. The number of likely N-dealkylation sites (N-methyl/N-ethyl adjacent to an activating group) is 1. The minimum absolute atomic E-state index is 0.00390. The van der Waals surface area contributed by atoms with Crippen molar-refractivity contribution in [2.75, 3.05) is 37.5 Å². The van der Waals surface area contributed by atoms with Gasteiger partial charge < -0.3 is 9.80 Å². The van der Waals surface area contributed by atoms with Gasteiger partial charge in [0.1, 0.15) is 6.54 Å². The number of rotatable bonds is 3. The highest BCUT2D eigenvalue weighted by Gasteiger charge is 2.26. The fraction of sp³-hybridized carbons (Fsp3) is 0.222. The average molecular weight is 338 g/mol. The number of benzodiazepines with no additional fused rings is 1. The SMILES string of the molecule is CN(C)c1ccccc1C1=NCC(=O)N(C)c2ccc([N+](=O)[O-])cc21. The summed E-state index contributed by atoms with van der Waals surface area (Å²) in [5.41, 5.74) is 3.50. The number of nitro benzene ring substituents is 1. The predicted molar refractivity (Wildman–Crippen MR) is 97.8 cm³/mol. The van der Waals surface area contributed by atoms with E-state index < -0.39 is 4.92 Å². The molecule has 1 amide bonds. The maximum absolute atomic E-state index is 12.3. The fourth-order valence-corrected chi connectivity index (χ4v) is 2.89. The maximum atomic E-state index is 12.3. The van der Waals surface area contributed by atoms with Crippen molar-refractivity contribution in [3.05, 3.63) is 63.7 Å². The Morgan fingerprint density at radius 3 is 2.56 bits per heavy atom. The summed E-state index contributed by atoms with van der Waals surface area (Å²) in [6.45, 7) is -0.00390. The molecular weight excluding hydrogens is 320 g/mol. The molecule has 0 N–H and O–H groups in total. The number of non-ortho nitro benzene ring substituents is 1. The van der Waals surface area contributed by atoms with Gasteiger partial charge in [-0.15, -0.1) is 0 Å². The molecule has 3 rings (SSSR count). The van der Waals surface area contributed by atoms with E-state index >= 15 is 0 Å². The molecule has 1 aliphatic heterocycles. The summed E-state index contributed by atoms with van der Waals surface area (Å²) in [4.78, 5) is 31.0. The Morgan fingerprint density at radius 2 is 1.88 bits per heavy atom. The molecule has 0 spiro atoms. The van der Waals surface area contributed by atoms with Gasteiger partial charge in [0.2, 0.25) is 5.91 Å². The first-order valence-electron chi connectivity index (χ1n) is 7.76. The van der Waals surface area contributed by atoms with Crippen molar-refractivity contribution < 1.29 is 9.72 Å². The fourth-order valence-electron chi connectivity index (χ4n) is 2.89. The highest BCUT2D eigenvalue weighted by molar-refractivity contribution is 6.21. The van der Waals surface area contributed by atoms with Crippen LogP contribution in [0.15, 0.2) is 47.5 Å². The van der Waals surface area contributed by atoms with Crippen LogP contribution in [0, 0.1) is 10.1 Å². The summed E-state index contributed by atoms with van der Waals surface area (Å²) in [7, 11) is 5.49. The zero-order valence-electron chi connectivity index (χ0n) is 14.3. The molecule has 1 aliphatic rings. The minimum Gasteiger partial charge on any atom is -0.377 e. The molecule has 25 heavy (non-hydrogen) atoms. The van der Waals surface area contributed by atoms with Gasteiger partial charge in [-0.3, -0.25) is 19.9 Å². The van der Waals surface area contributed by atoms with Crippen LogP contribution >= 0.6 is 0 Å². The van der Waals surface area contributed by atoms with Crippen LogP contribution in [0.2, 0.25) is 0 Å². The van der Waals surface area contributed by atoms with Crippen LogP contribution in [0.25, 0.3) is 0 Å². The number of benzene rings is 2. The van der Waals surface area contributed by atoms with E-state index in [9.17, 15) is 14.9 Å². The van der Waals surface area contributed by atoms with E-state index in [1.165, 1.54) is 17.0 Å². The van der Waals surface area contributed by atoms with E-state index in [1.807, 2.05) is 43.3 Å². The molecule has 0 saturated heterocycles. The van der Waals surface area contributed by atoms with Gasteiger partial charge in [-0.2, -0.15) is 0 Å². The Labute approximate surface area is 145 Å². The minimum atomic E-state index is -0.442. The standard InChI is InChI=1S/C18H18N4O3/c1-20(2)15-7-5-4-6-13(15)18-14-10-12(22(24)25)8-9-16(14)21(3)17(23)11-19-18/h4-10H,11H2,1-3H3. The molecule has 2 aromatic carbocycles. The molecule has 0 fully saturated rings. The van der Waals surface area contributed by atoms with Gasteiger partial charge in [0.25, 0.3) is 5.69 Å². The number of aliphatic imine (C=N–C) groups is 1. The van der Waals surface area contributed by atoms with Gasteiger partial charge in [0.05, 0.1) is 16.3 Å². The Morgan fingerprint density at radius 1 is 1.16 bits per heavy atom. The van der Waals surface area contributed by atoms with Crippen LogP contribution in [0.1, 0.15) is 11.1 Å². The molecule has 0 atom stereocenters. The van der Waals surface area contributed by atoms with E-state index in [4.69, 9.17) is 0 Å². The summed E-state index contributed by atoms with van der Waals surface area (Å²) in [6, 6.07) is 12.2. The van der Waals surface area contributed by atoms with Crippen LogP contribution in [0.3, 0.4) is 0 Å². The second kappa shape index (κ2) is 6.35. The largest absolute Gasteiger partial charge is 0.377 e. The Kier molecular flexibility index (Phi) is 4.22. The molecule has 0 radical (unpaired) electrons. The highest BCUT2D eigenvalue weighted by atomic mass is 16.6. The van der Waals surface area contributed by atoms with E-state index in [0.717, 1.165) is 11.3 Å². The van der Waals surface area contributed by atoms with Gasteiger partial charge in [-0.05, 0) is 12.1 Å². The number of para-hydroxylation sites is 1. The third kappa shape index (κ3) is 2.96. The second-order valence-corrected chi connectivity index (χ2v) is 5.99. The maximum Gasteiger partial charge on any atom is 0.270 e. The van der Waals surface area contributed by atoms with E-state index in [1.54, 1.807) is 13.1 Å². The zero-order chi connectivity index (χ0) is 18.1. The lowest BCUT2D eigenvalue weighted by Crippen LogP contribution is -2.27. The average Bonchev–Trinajstić information content (AvgIpc) is 2.72. The lowest BCUT2D eigenvalue weighted by atomic mass is 9.98. The van der Waals surface area contributed by atoms with Crippen molar-refractivity contribution in [3.63, 3.8) is 0 Å². The van der Waals surface area contributed by atoms with Crippen LogP contribution in [-0.2, 0) is 4.79 Å². The molecule has 1 heterocycles. The molecular formula is C18H18N4O3. The number of carbonyl (C=O) groups excluding carboxylic acids is 1. The van der Waals surface area contributed by atoms with Gasteiger partial charge >= 0.3 is 0 Å². The normalized spacial score (nSPS) is 13.8. The molecule has 0 bridgehead atoms. The van der Waals surface area contributed by atoms with Gasteiger partial charge in [-0.1, -0.05) is 18.2 Å². The molecule has 0 unspecified atom stereocenters. The lowest BCUT2D eigenvalue weighted by Gasteiger charge is -2.20.